The second-order valence-electron chi connectivity index (χ2n) is 3.71. The fraction of sp³-hybridized carbons (Fsp3) is 0.889. The van der Waals surface area contributed by atoms with Crippen molar-refractivity contribution in [3.63, 3.8) is 0 Å². The second kappa shape index (κ2) is 4.76. The molecule has 0 aromatic rings. The Bertz CT molecular complexity index is 318. The standard InChI is InChI=1S/C9H16N2O2S/c1-2-8(6-10)11-9-4-3-5-14(12,13)7-9/h8-9,11H,2-5,7H2,1H3. The first kappa shape index (κ1) is 11.5. The summed E-state index contributed by atoms with van der Waals surface area (Å²) >= 11 is 0. The minimum Gasteiger partial charge on any atom is -0.298 e. The van der Waals surface area contributed by atoms with Crippen LogP contribution in [0.1, 0.15) is 26.2 Å². The molecule has 80 valence electrons. The van der Waals surface area contributed by atoms with E-state index in [9.17, 15) is 8.42 Å². The molecular weight excluding hydrogens is 200 g/mol. The Morgan fingerprint density at radius 1 is 1.64 bits per heavy atom. The van der Waals surface area contributed by atoms with Gasteiger partial charge < -0.3 is 0 Å². The molecule has 0 radical (unpaired) electrons. The van der Waals surface area contributed by atoms with E-state index in [2.05, 4.69) is 11.4 Å². The third kappa shape index (κ3) is 3.28. The Hall–Kier alpha value is -0.600. The summed E-state index contributed by atoms with van der Waals surface area (Å²) in [5.41, 5.74) is 0. The smallest absolute Gasteiger partial charge is 0.151 e. The fourth-order valence-electron chi connectivity index (χ4n) is 1.69. The molecule has 0 amide bonds. The van der Waals surface area contributed by atoms with Gasteiger partial charge in [-0.1, -0.05) is 6.92 Å². The predicted molar refractivity (Wildman–Crippen MR) is 54.5 cm³/mol. The summed E-state index contributed by atoms with van der Waals surface area (Å²) in [4.78, 5) is 0. The van der Waals surface area contributed by atoms with Gasteiger partial charge in [0.1, 0.15) is 0 Å². The van der Waals surface area contributed by atoms with Gasteiger partial charge in [-0.15, -0.1) is 0 Å². The Morgan fingerprint density at radius 2 is 2.36 bits per heavy atom. The molecule has 1 fully saturated rings. The summed E-state index contributed by atoms with van der Waals surface area (Å²) in [5.74, 6) is 0.486. The second-order valence-corrected chi connectivity index (χ2v) is 5.94. The molecule has 0 aliphatic carbocycles. The number of rotatable bonds is 3. The molecule has 1 aliphatic rings. The molecule has 4 nitrogen and oxygen atoms in total. The van der Waals surface area contributed by atoms with E-state index < -0.39 is 9.84 Å². The molecule has 0 aromatic carbocycles. The summed E-state index contributed by atoms with van der Waals surface area (Å²) < 4.78 is 22.6. The molecule has 0 aromatic heterocycles. The Labute approximate surface area is 85.2 Å². The van der Waals surface area contributed by atoms with Crippen LogP contribution in [0, 0.1) is 11.3 Å². The van der Waals surface area contributed by atoms with Crippen LogP contribution >= 0.6 is 0 Å². The van der Waals surface area contributed by atoms with Gasteiger partial charge in [0.25, 0.3) is 0 Å². The molecule has 2 atom stereocenters. The van der Waals surface area contributed by atoms with Crippen molar-refractivity contribution in [2.24, 2.45) is 0 Å². The zero-order chi connectivity index (χ0) is 10.6. The lowest BCUT2D eigenvalue weighted by Crippen LogP contribution is -2.44. The Kier molecular flexibility index (Phi) is 3.90. The van der Waals surface area contributed by atoms with E-state index in [4.69, 9.17) is 5.26 Å². The number of nitrogens with zero attached hydrogens (tertiary/aromatic N) is 1. The molecule has 2 unspecified atom stereocenters. The van der Waals surface area contributed by atoms with Crippen LogP contribution in [0.4, 0.5) is 0 Å². The van der Waals surface area contributed by atoms with Gasteiger partial charge >= 0.3 is 0 Å². The van der Waals surface area contributed by atoms with E-state index >= 15 is 0 Å². The minimum atomic E-state index is -2.87. The van der Waals surface area contributed by atoms with Crippen molar-refractivity contribution in [3.05, 3.63) is 0 Å². The van der Waals surface area contributed by atoms with Gasteiger partial charge in [0, 0.05) is 6.04 Å². The topological polar surface area (TPSA) is 70.0 Å². The maximum absolute atomic E-state index is 11.3. The van der Waals surface area contributed by atoms with Gasteiger partial charge in [0.2, 0.25) is 0 Å². The Balaban J connectivity index is 2.50. The van der Waals surface area contributed by atoms with Crippen molar-refractivity contribution < 1.29 is 8.42 Å². The van der Waals surface area contributed by atoms with E-state index in [-0.39, 0.29) is 17.8 Å². The molecule has 5 heteroatoms. The van der Waals surface area contributed by atoms with Gasteiger partial charge in [0.15, 0.2) is 9.84 Å². The Morgan fingerprint density at radius 3 is 2.86 bits per heavy atom. The molecule has 14 heavy (non-hydrogen) atoms. The quantitative estimate of drug-likeness (QED) is 0.744. The highest BCUT2D eigenvalue weighted by Crippen LogP contribution is 2.12. The molecular formula is C9H16N2O2S. The van der Waals surface area contributed by atoms with Gasteiger partial charge in [0.05, 0.1) is 23.6 Å². The van der Waals surface area contributed by atoms with Crippen LogP contribution in [0.15, 0.2) is 0 Å². The molecule has 1 N–H and O–H groups in total. The number of nitriles is 1. The number of hydrogen-bond acceptors (Lipinski definition) is 4. The fourth-order valence-corrected chi connectivity index (χ4v) is 3.33. The first-order chi connectivity index (χ1) is 6.57. The van der Waals surface area contributed by atoms with E-state index in [0.29, 0.717) is 18.6 Å². The lowest BCUT2D eigenvalue weighted by atomic mass is 10.1. The molecule has 1 rings (SSSR count). The third-order valence-corrected chi connectivity index (χ3v) is 4.28. The average Bonchev–Trinajstić information content (AvgIpc) is 2.12. The maximum Gasteiger partial charge on any atom is 0.151 e. The van der Waals surface area contributed by atoms with Crippen LogP contribution in [-0.2, 0) is 9.84 Å². The van der Waals surface area contributed by atoms with Gasteiger partial charge in [-0.05, 0) is 19.3 Å². The first-order valence-electron chi connectivity index (χ1n) is 4.93. The highest BCUT2D eigenvalue weighted by atomic mass is 32.2. The van der Waals surface area contributed by atoms with Crippen molar-refractivity contribution >= 4 is 9.84 Å². The lowest BCUT2D eigenvalue weighted by molar-refractivity contribution is 0.448. The monoisotopic (exact) mass is 216 g/mol. The van der Waals surface area contributed by atoms with Crippen LogP contribution in [0.25, 0.3) is 0 Å². The van der Waals surface area contributed by atoms with Gasteiger partial charge in [-0.3, -0.25) is 5.32 Å². The lowest BCUT2D eigenvalue weighted by Gasteiger charge is -2.24. The molecule has 1 heterocycles. The van der Waals surface area contributed by atoms with Crippen LogP contribution in [0.2, 0.25) is 0 Å². The SMILES string of the molecule is CCC(C#N)NC1CCCS(=O)(=O)C1. The van der Waals surface area contributed by atoms with Crippen molar-refractivity contribution in [2.45, 2.75) is 38.3 Å². The van der Waals surface area contributed by atoms with Crippen molar-refractivity contribution in [2.75, 3.05) is 11.5 Å². The summed E-state index contributed by atoms with van der Waals surface area (Å²) in [6, 6.07) is 1.88. The van der Waals surface area contributed by atoms with Crippen LogP contribution in [0.5, 0.6) is 0 Å². The van der Waals surface area contributed by atoms with E-state index in [1.54, 1.807) is 0 Å². The summed E-state index contributed by atoms with van der Waals surface area (Å²) in [7, 11) is -2.87. The third-order valence-electron chi connectivity index (χ3n) is 2.46. The normalized spacial score (nSPS) is 27.9. The first-order valence-corrected chi connectivity index (χ1v) is 6.75. The maximum atomic E-state index is 11.3. The summed E-state index contributed by atoms with van der Waals surface area (Å²) in [5, 5.41) is 11.8. The van der Waals surface area contributed by atoms with E-state index in [1.165, 1.54) is 0 Å². The predicted octanol–water partition coefficient (Wildman–Crippen LogP) is 0.455. The van der Waals surface area contributed by atoms with Crippen LogP contribution < -0.4 is 5.32 Å². The number of nitrogens with one attached hydrogen (secondary N) is 1. The molecule has 0 saturated carbocycles. The largest absolute Gasteiger partial charge is 0.298 e. The molecule has 0 bridgehead atoms. The summed E-state index contributed by atoms with van der Waals surface area (Å²) in [6.07, 6.45) is 2.28. The van der Waals surface area contributed by atoms with Crippen LogP contribution in [-0.4, -0.2) is 32.0 Å². The van der Waals surface area contributed by atoms with Gasteiger partial charge in [-0.25, -0.2) is 8.42 Å². The van der Waals surface area contributed by atoms with Gasteiger partial charge in [-0.2, -0.15) is 5.26 Å². The zero-order valence-electron chi connectivity index (χ0n) is 8.36. The van der Waals surface area contributed by atoms with Crippen LogP contribution in [0.3, 0.4) is 0 Å². The highest BCUT2D eigenvalue weighted by Gasteiger charge is 2.25. The van der Waals surface area contributed by atoms with E-state index in [1.807, 2.05) is 6.92 Å². The summed E-state index contributed by atoms with van der Waals surface area (Å²) in [6.45, 7) is 1.91. The van der Waals surface area contributed by atoms with E-state index in [0.717, 1.165) is 6.42 Å². The highest BCUT2D eigenvalue weighted by molar-refractivity contribution is 7.91. The molecule has 1 aliphatic heterocycles. The number of sulfone groups is 1. The zero-order valence-corrected chi connectivity index (χ0v) is 9.18. The minimum absolute atomic E-state index is 0.0293. The van der Waals surface area contributed by atoms with Crippen molar-refractivity contribution in [3.8, 4) is 6.07 Å². The molecule has 0 spiro atoms. The average molecular weight is 216 g/mol. The number of hydrogen-bond donors (Lipinski definition) is 1. The molecule has 1 saturated heterocycles. The van der Waals surface area contributed by atoms with Crippen molar-refractivity contribution in [1.82, 2.24) is 5.32 Å². The van der Waals surface area contributed by atoms with Crippen molar-refractivity contribution in [1.29, 1.82) is 5.26 Å².